The molecule has 0 fully saturated rings. The maximum atomic E-state index is 5.68. The van der Waals surface area contributed by atoms with Crippen LogP contribution in [-0.4, -0.2) is 13.7 Å². The van der Waals surface area contributed by atoms with E-state index in [1.807, 2.05) is 0 Å². The van der Waals surface area contributed by atoms with Crippen molar-refractivity contribution in [3.05, 3.63) is 49.6 Å². The van der Waals surface area contributed by atoms with Gasteiger partial charge in [-0.25, -0.2) is 0 Å². The van der Waals surface area contributed by atoms with E-state index in [4.69, 9.17) is 4.74 Å². The maximum Gasteiger partial charge on any atom is 0.127 e. The number of hydrogen-bond donors (Lipinski definition) is 1. The van der Waals surface area contributed by atoms with Crippen molar-refractivity contribution in [2.75, 3.05) is 13.7 Å². The first-order valence-corrected chi connectivity index (χ1v) is 8.42. The van der Waals surface area contributed by atoms with Crippen LogP contribution in [0.5, 0.6) is 5.75 Å². The first-order valence-electron chi connectivity index (χ1n) is 6.69. The fourth-order valence-electron chi connectivity index (χ4n) is 2.52. The average Bonchev–Trinajstić information content (AvgIpc) is 2.94. The predicted octanol–water partition coefficient (Wildman–Crippen LogP) is 4.83. The third kappa shape index (κ3) is 2.92. The first-order chi connectivity index (χ1) is 9.60. The van der Waals surface area contributed by atoms with Crippen LogP contribution in [0.25, 0.3) is 0 Å². The summed E-state index contributed by atoms with van der Waals surface area (Å²) in [6.45, 7) is 7.27. The summed E-state index contributed by atoms with van der Waals surface area (Å²) < 4.78 is 6.81. The van der Waals surface area contributed by atoms with Gasteiger partial charge in [0.15, 0.2) is 0 Å². The van der Waals surface area contributed by atoms with E-state index in [0.29, 0.717) is 0 Å². The number of methoxy groups -OCH3 is 1. The van der Waals surface area contributed by atoms with Crippen LogP contribution in [-0.2, 0) is 0 Å². The van der Waals surface area contributed by atoms with Crippen LogP contribution >= 0.6 is 27.3 Å². The third-order valence-electron chi connectivity index (χ3n) is 3.49. The number of thiophene rings is 1. The minimum Gasteiger partial charge on any atom is -0.496 e. The normalized spacial score (nSPS) is 12.4. The maximum absolute atomic E-state index is 5.68. The Balaban J connectivity index is 2.64. The molecule has 20 heavy (non-hydrogen) atoms. The molecule has 0 spiro atoms. The molecule has 2 rings (SSSR count). The van der Waals surface area contributed by atoms with Crippen LogP contribution in [0, 0.1) is 13.8 Å². The highest BCUT2D eigenvalue weighted by molar-refractivity contribution is 9.10. The van der Waals surface area contributed by atoms with Gasteiger partial charge >= 0.3 is 0 Å². The van der Waals surface area contributed by atoms with Crippen LogP contribution in [0.3, 0.4) is 0 Å². The summed E-state index contributed by atoms with van der Waals surface area (Å²) in [5.41, 5.74) is 4.89. The summed E-state index contributed by atoms with van der Waals surface area (Å²) >= 11 is 5.39. The molecule has 1 heterocycles. The highest BCUT2D eigenvalue weighted by Crippen LogP contribution is 2.39. The largest absolute Gasteiger partial charge is 0.496 e. The van der Waals surface area contributed by atoms with Gasteiger partial charge in [0.25, 0.3) is 0 Å². The highest BCUT2D eigenvalue weighted by Gasteiger charge is 2.23. The van der Waals surface area contributed by atoms with E-state index in [9.17, 15) is 0 Å². The zero-order valence-electron chi connectivity index (χ0n) is 12.3. The molecule has 1 aromatic carbocycles. The van der Waals surface area contributed by atoms with E-state index < -0.39 is 0 Å². The average molecular weight is 354 g/mol. The van der Waals surface area contributed by atoms with Crippen LogP contribution < -0.4 is 10.1 Å². The number of halogens is 1. The van der Waals surface area contributed by atoms with Gasteiger partial charge in [0.2, 0.25) is 0 Å². The molecule has 0 aliphatic carbocycles. The van der Waals surface area contributed by atoms with Gasteiger partial charge in [0.1, 0.15) is 5.75 Å². The second-order valence-corrected chi connectivity index (χ2v) is 6.43. The minimum absolute atomic E-state index is 0.164. The Kier molecular flexibility index (Phi) is 5.24. The predicted molar refractivity (Wildman–Crippen MR) is 90.0 cm³/mol. The van der Waals surface area contributed by atoms with Gasteiger partial charge in [-0.05, 0) is 60.0 Å². The van der Waals surface area contributed by atoms with Crippen LogP contribution in [0.15, 0.2) is 27.4 Å². The lowest BCUT2D eigenvalue weighted by atomic mass is 9.93. The lowest BCUT2D eigenvalue weighted by Gasteiger charge is -2.24. The number of aryl methyl sites for hydroxylation is 1. The van der Waals surface area contributed by atoms with E-state index in [2.05, 4.69) is 64.9 Å². The molecule has 1 atom stereocenters. The summed E-state index contributed by atoms with van der Waals surface area (Å²) in [5.74, 6) is 0.975. The zero-order chi connectivity index (χ0) is 14.7. The molecule has 2 aromatic rings. The summed E-state index contributed by atoms with van der Waals surface area (Å²) in [5, 5.41) is 7.89. The molecule has 1 unspecified atom stereocenters. The number of benzene rings is 1. The second kappa shape index (κ2) is 6.74. The molecule has 4 heteroatoms. The highest BCUT2D eigenvalue weighted by atomic mass is 79.9. The molecule has 0 bridgehead atoms. The molecule has 1 N–H and O–H groups in total. The number of rotatable bonds is 5. The monoisotopic (exact) mass is 353 g/mol. The molecule has 0 aliphatic heterocycles. The third-order valence-corrected chi connectivity index (χ3v) is 5.01. The SMILES string of the molecule is CCNC(c1ccsc1)c1c(C)c(Br)cc(C)c1OC. The molecule has 1 aromatic heterocycles. The summed E-state index contributed by atoms with van der Waals surface area (Å²) in [7, 11) is 1.75. The molecular weight excluding hydrogens is 334 g/mol. The van der Waals surface area contributed by atoms with Gasteiger partial charge in [-0.1, -0.05) is 22.9 Å². The second-order valence-electron chi connectivity index (χ2n) is 4.79. The molecule has 0 amide bonds. The molecule has 2 nitrogen and oxygen atoms in total. The van der Waals surface area contributed by atoms with Crippen molar-refractivity contribution in [3.63, 3.8) is 0 Å². The van der Waals surface area contributed by atoms with E-state index in [1.165, 1.54) is 16.7 Å². The molecule has 108 valence electrons. The summed E-state index contributed by atoms with van der Waals surface area (Å²) in [4.78, 5) is 0. The van der Waals surface area contributed by atoms with Gasteiger partial charge in [-0.3, -0.25) is 0 Å². The van der Waals surface area contributed by atoms with Crippen molar-refractivity contribution >= 4 is 27.3 Å². The molecular formula is C16H20BrNOS. The molecule has 0 saturated heterocycles. The van der Waals surface area contributed by atoms with Crippen molar-refractivity contribution in [2.24, 2.45) is 0 Å². The standard InChI is InChI=1S/C16H20BrNOS/c1-5-18-15(12-6-7-20-9-12)14-11(3)13(17)8-10(2)16(14)19-4/h6-9,15,18H,5H2,1-4H3. The van der Waals surface area contributed by atoms with Gasteiger partial charge in [-0.15, -0.1) is 0 Å². The van der Waals surface area contributed by atoms with Crippen molar-refractivity contribution < 1.29 is 4.74 Å². The first kappa shape index (κ1) is 15.5. The zero-order valence-corrected chi connectivity index (χ0v) is 14.7. The minimum atomic E-state index is 0.164. The topological polar surface area (TPSA) is 21.3 Å². The Hall–Kier alpha value is -0.840. The molecule has 0 radical (unpaired) electrons. The Morgan fingerprint density at radius 2 is 2.15 bits per heavy atom. The van der Waals surface area contributed by atoms with Crippen molar-refractivity contribution in [2.45, 2.75) is 26.8 Å². The smallest absolute Gasteiger partial charge is 0.127 e. The quantitative estimate of drug-likeness (QED) is 0.830. The Bertz CT molecular complexity index is 581. The molecule has 0 saturated carbocycles. The lowest BCUT2D eigenvalue weighted by molar-refractivity contribution is 0.400. The van der Waals surface area contributed by atoms with Crippen molar-refractivity contribution in [1.29, 1.82) is 0 Å². The van der Waals surface area contributed by atoms with Crippen molar-refractivity contribution in [3.8, 4) is 5.75 Å². The van der Waals surface area contributed by atoms with E-state index in [0.717, 1.165) is 22.3 Å². The van der Waals surface area contributed by atoms with Crippen LogP contribution in [0.1, 0.15) is 35.2 Å². The molecule has 0 aliphatic rings. The lowest BCUT2D eigenvalue weighted by Crippen LogP contribution is -2.23. The summed E-state index contributed by atoms with van der Waals surface area (Å²) in [6.07, 6.45) is 0. The van der Waals surface area contributed by atoms with Crippen LogP contribution in [0.2, 0.25) is 0 Å². The van der Waals surface area contributed by atoms with Gasteiger partial charge in [0.05, 0.1) is 13.2 Å². The van der Waals surface area contributed by atoms with E-state index in [1.54, 1.807) is 18.4 Å². The van der Waals surface area contributed by atoms with E-state index in [-0.39, 0.29) is 6.04 Å². The number of ether oxygens (including phenoxy) is 1. The number of hydrogen-bond acceptors (Lipinski definition) is 3. The Labute approximate surface area is 133 Å². The van der Waals surface area contributed by atoms with Gasteiger partial charge in [0, 0.05) is 10.0 Å². The number of nitrogens with one attached hydrogen (secondary N) is 1. The van der Waals surface area contributed by atoms with Crippen LogP contribution in [0.4, 0.5) is 0 Å². The van der Waals surface area contributed by atoms with E-state index >= 15 is 0 Å². The Morgan fingerprint density at radius 1 is 1.40 bits per heavy atom. The fourth-order valence-corrected chi connectivity index (χ4v) is 3.77. The Morgan fingerprint density at radius 3 is 2.70 bits per heavy atom. The van der Waals surface area contributed by atoms with Gasteiger partial charge < -0.3 is 10.1 Å². The van der Waals surface area contributed by atoms with Crippen molar-refractivity contribution in [1.82, 2.24) is 5.32 Å². The fraction of sp³-hybridized carbons (Fsp3) is 0.375. The van der Waals surface area contributed by atoms with Gasteiger partial charge in [-0.2, -0.15) is 11.3 Å². The summed E-state index contributed by atoms with van der Waals surface area (Å²) in [6, 6.07) is 4.46.